The minimum absolute atomic E-state index is 0.276. The van der Waals surface area contributed by atoms with Crippen molar-refractivity contribution in [3.8, 4) is 0 Å². The molecule has 1 unspecified atom stereocenters. The van der Waals surface area contributed by atoms with E-state index in [1.807, 2.05) is 0 Å². The zero-order valence-electron chi connectivity index (χ0n) is 15.5. The van der Waals surface area contributed by atoms with Crippen LogP contribution in [0.2, 0.25) is 0 Å². The van der Waals surface area contributed by atoms with Gasteiger partial charge in [-0.3, -0.25) is 4.79 Å². The van der Waals surface area contributed by atoms with Crippen LogP contribution in [-0.2, 0) is 17.8 Å². The molecule has 0 heterocycles. The molecular weight excluding hydrogens is 298 g/mol. The summed E-state index contributed by atoms with van der Waals surface area (Å²) in [5, 5.41) is 12.2. The van der Waals surface area contributed by atoms with Gasteiger partial charge in [-0.2, -0.15) is 0 Å². The van der Waals surface area contributed by atoms with Crippen molar-refractivity contribution in [1.29, 1.82) is 0 Å². The predicted molar refractivity (Wildman–Crippen MR) is 101 cm³/mol. The van der Waals surface area contributed by atoms with Gasteiger partial charge in [-0.1, -0.05) is 76.6 Å². The van der Waals surface area contributed by atoms with Crippen molar-refractivity contribution in [2.45, 2.75) is 78.2 Å². The molecule has 0 bridgehead atoms. The van der Waals surface area contributed by atoms with Crippen molar-refractivity contribution in [2.24, 2.45) is 5.92 Å². The minimum Gasteiger partial charge on any atom is -0.481 e. The largest absolute Gasteiger partial charge is 0.481 e. The van der Waals surface area contributed by atoms with Crippen molar-refractivity contribution in [3.63, 3.8) is 0 Å². The first kappa shape index (κ1) is 20.7. The molecule has 1 aromatic carbocycles. The van der Waals surface area contributed by atoms with Gasteiger partial charge >= 0.3 is 5.97 Å². The predicted octanol–water partition coefficient (Wildman–Crippen LogP) is 5.18. The smallest absolute Gasteiger partial charge is 0.306 e. The molecule has 0 saturated carbocycles. The molecule has 0 saturated heterocycles. The van der Waals surface area contributed by atoms with Crippen LogP contribution in [-0.4, -0.2) is 17.6 Å². The van der Waals surface area contributed by atoms with Crippen molar-refractivity contribution >= 4 is 5.97 Å². The normalized spacial score (nSPS) is 12.2. The van der Waals surface area contributed by atoms with Gasteiger partial charge in [0.05, 0.1) is 5.92 Å². The Morgan fingerprint density at radius 1 is 1.00 bits per heavy atom. The molecule has 3 heteroatoms. The first-order chi connectivity index (χ1) is 11.6. The van der Waals surface area contributed by atoms with Crippen LogP contribution >= 0.6 is 0 Å². The maximum Gasteiger partial charge on any atom is 0.306 e. The lowest BCUT2D eigenvalue weighted by Crippen LogP contribution is -2.20. The summed E-state index contributed by atoms with van der Waals surface area (Å²) in [5.41, 5.74) is 2.69. The number of carbonyl (C=O) groups is 1. The van der Waals surface area contributed by atoms with Crippen LogP contribution in [0, 0.1) is 5.92 Å². The SMILES string of the molecule is CCCCCCCCCc1ccc(CNCCC(C)C(=O)O)cc1. The molecule has 1 rings (SSSR count). The zero-order chi connectivity index (χ0) is 17.6. The van der Waals surface area contributed by atoms with Crippen LogP contribution in [0.3, 0.4) is 0 Å². The molecule has 0 aliphatic rings. The highest BCUT2D eigenvalue weighted by Crippen LogP contribution is 2.12. The van der Waals surface area contributed by atoms with Gasteiger partial charge in [-0.05, 0) is 36.9 Å². The maximum absolute atomic E-state index is 10.7. The van der Waals surface area contributed by atoms with Crippen LogP contribution < -0.4 is 5.32 Å². The first-order valence-corrected chi connectivity index (χ1v) is 9.64. The number of aliphatic carboxylic acids is 1. The highest BCUT2D eigenvalue weighted by atomic mass is 16.4. The van der Waals surface area contributed by atoms with E-state index < -0.39 is 5.97 Å². The van der Waals surface area contributed by atoms with Crippen LogP contribution in [0.5, 0.6) is 0 Å². The number of unbranched alkanes of at least 4 members (excludes halogenated alkanes) is 6. The number of aryl methyl sites for hydroxylation is 1. The van der Waals surface area contributed by atoms with Crippen LogP contribution in [0.4, 0.5) is 0 Å². The van der Waals surface area contributed by atoms with Crippen LogP contribution in [0.1, 0.15) is 76.3 Å². The van der Waals surface area contributed by atoms with Crippen molar-refractivity contribution in [2.75, 3.05) is 6.54 Å². The summed E-state index contributed by atoms with van der Waals surface area (Å²) < 4.78 is 0. The van der Waals surface area contributed by atoms with E-state index in [1.54, 1.807) is 6.92 Å². The second-order valence-electron chi connectivity index (χ2n) is 6.89. The van der Waals surface area contributed by atoms with Gasteiger partial charge in [0.1, 0.15) is 0 Å². The Morgan fingerprint density at radius 2 is 1.58 bits per heavy atom. The lowest BCUT2D eigenvalue weighted by atomic mass is 10.0. The van der Waals surface area contributed by atoms with Gasteiger partial charge in [0, 0.05) is 6.54 Å². The van der Waals surface area contributed by atoms with Gasteiger partial charge < -0.3 is 10.4 Å². The maximum atomic E-state index is 10.7. The van der Waals surface area contributed by atoms with E-state index in [-0.39, 0.29) is 5.92 Å². The molecule has 136 valence electrons. The molecule has 0 aliphatic carbocycles. The average Bonchev–Trinajstić information content (AvgIpc) is 2.58. The van der Waals surface area contributed by atoms with E-state index in [9.17, 15) is 4.79 Å². The van der Waals surface area contributed by atoms with Crippen molar-refractivity contribution in [3.05, 3.63) is 35.4 Å². The monoisotopic (exact) mass is 333 g/mol. The third kappa shape index (κ3) is 9.71. The van der Waals surface area contributed by atoms with Crippen LogP contribution in [0.15, 0.2) is 24.3 Å². The van der Waals surface area contributed by atoms with E-state index in [4.69, 9.17) is 5.11 Å². The molecule has 0 aliphatic heterocycles. The van der Waals surface area contributed by atoms with Crippen LogP contribution in [0.25, 0.3) is 0 Å². The molecule has 3 nitrogen and oxygen atoms in total. The second kappa shape index (κ2) is 13.0. The highest BCUT2D eigenvalue weighted by Gasteiger charge is 2.09. The van der Waals surface area contributed by atoms with E-state index in [0.29, 0.717) is 6.42 Å². The Balaban J connectivity index is 2.11. The highest BCUT2D eigenvalue weighted by molar-refractivity contribution is 5.69. The van der Waals surface area contributed by atoms with Crippen molar-refractivity contribution in [1.82, 2.24) is 5.32 Å². The third-order valence-electron chi connectivity index (χ3n) is 4.60. The number of benzene rings is 1. The molecule has 0 spiro atoms. The Kier molecular flexibility index (Phi) is 11.2. The third-order valence-corrected chi connectivity index (χ3v) is 4.60. The first-order valence-electron chi connectivity index (χ1n) is 9.64. The summed E-state index contributed by atoms with van der Waals surface area (Å²) in [5.74, 6) is -0.992. The van der Waals surface area contributed by atoms with Crippen molar-refractivity contribution < 1.29 is 9.90 Å². The molecule has 0 amide bonds. The Morgan fingerprint density at radius 3 is 2.21 bits per heavy atom. The minimum atomic E-state index is -0.716. The number of hydrogen-bond acceptors (Lipinski definition) is 2. The summed E-state index contributed by atoms with van der Waals surface area (Å²) >= 11 is 0. The zero-order valence-corrected chi connectivity index (χ0v) is 15.5. The summed E-state index contributed by atoms with van der Waals surface area (Å²) in [7, 11) is 0. The average molecular weight is 334 g/mol. The Hall–Kier alpha value is -1.35. The standard InChI is InChI=1S/C21H35NO2/c1-3-4-5-6-7-8-9-10-19-11-13-20(14-12-19)17-22-16-15-18(2)21(23)24/h11-14,18,22H,3-10,15-17H2,1-2H3,(H,23,24). The Labute approximate surface area is 147 Å². The van der Waals surface area contributed by atoms with Gasteiger partial charge in [0.2, 0.25) is 0 Å². The van der Waals surface area contributed by atoms with E-state index in [1.165, 1.54) is 62.5 Å². The van der Waals surface area contributed by atoms with E-state index in [0.717, 1.165) is 13.1 Å². The fraction of sp³-hybridized carbons (Fsp3) is 0.667. The molecule has 1 aromatic rings. The molecule has 0 fully saturated rings. The van der Waals surface area contributed by atoms with Gasteiger partial charge in [-0.15, -0.1) is 0 Å². The quantitative estimate of drug-likeness (QED) is 0.461. The summed E-state index contributed by atoms with van der Waals surface area (Å²) in [6.45, 7) is 5.57. The van der Waals surface area contributed by atoms with Gasteiger partial charge in [-0.25, -0.2) is 0 Å². The number of carboxylic acid groups (broad SMARTS) is 1. The second-order valence-corrected chi connectivity index (χ2v) is 6.89. The lowest BCUT2D eigenvalue weighted by molar-refractivity contribution is -0.141. The molecule has 1 atom stereocenters. The lowest BCUT2D eigenvalue weighted by Gasteiger charge is -2.08. The number of hydrogen-bond donors (Lipinski definition) is 2. The summed E-state index contributed by atoms with van der Waals surface area (Å²) in [6, 6.07) is 8.83. The topological polar surface area (TPSA) is 49.3 Å². The molecule has 2 N–H and O–H groups in total. The molecule has 0 aromatic heterocycles. The fourth-order valence-corrected chi connectivity index (χ4v) is 2.78. The van der Waals surface area contributed by atoms with E-state index in [2.05, 4.69) is 36.5 Å². The van der Waals surface area contributed by atoms with Gasteiger partial charge in [0.25, 0.3) is 0 Å². The molecule has 24 heavy (non-hydrogen) atoms. The molecule has 0 radical (unpaired) electrons. The summed E-state index contributed by atoms with van der Waals surface area (Å²) in [4.78, 5) is 10.7. The number of nitrogens with one attached hydrogen (secondary N) is 1. The van der Waals surface area contributed by atoms with E-state index >= 15 is 0 Å². The number of carboxylic acids is 1. The summed E-state index contributed by atoms with van der Waals surface area (Å²) in [6.07, 6.45) is 11.3. The van der Waals surface area contributed by atoms with Gasteiger partial charge in [0.15, 0.2) is 0 Å². The fourth-order valence-electron chi connectivity index (χ4n) is 2.78. The number of rotatable bonds is 14. The Bertz CT molecular complexity index is 442. The molecular formula is C21H35NO2.